The molecule has 0 aliphatic heterocycles. The van der Waals surface area contributed by atoms with Gasteiger partial charge in [0.2, 0.25) is 5.88 Å². The minimum atomic E-state index is -0.483. The zero-order valence-electron chi connectivity index (χ0n) is 8.17. The second-order valence-corrected chi connectivity index (χ2v) is 4.88. The number of aromatic nitrogens is 2. The summed E-state index contributed by atoms with van der Waals surface area (Å²) in [5.41, 5.74) is 0.0333. The fraction of sp³-hybridized carbons (Fsp3) is 0. The highest BCUT2D eigenvalue weighted by Gasteiger charge is 2.10. The molecule has 0 aliphatic rings. The zero-order valence-corrected chi connectivity index (χ0v) is 11.3. The smallest absolute Gasteiger partial charge is 0.269 e. The van der Waals surface area contributed by atoms with E-state index in [1.54, 1.807) is 18.2 Å². The Hall–Kier alpha value is -1.04. The maximum absolute atomic E-state index is 11.4. The van der Waals surface area contributed by atoms with Gasteiger partial charge in [-0.2, -0.15) is 4.98 Å². The molecule has 0 saturated carbocycles. The Labute approximate surface area is 114 Å². The quantitative estimate of drug-likeness (QED) is 0.841. The fourth-order valence-corrected chi connectivity index (χ4v) is 1.99. The van der Waals surface area contributed by atoms with Crippen molar-refractivity contribution < 1.29 is 5.11 Å². The molecule has 1 aromatic carbocycles. The van der Waals surface area contributed by atoms with Gasteiger partial charge in [0.05, 0.1) is 0 Å². The topological polar surface area (TPSA) is 66.0 Å². The summed E-state index contributed by atoms with van der Waals surface area (Å²) >= 11 is 14.6. The molecule has 88 valence electrons. The van der Waals surface area contributed by atoms with Crippen molar-refractivity contribution in [2.24, 2.45) is 0 Å². The summed E-state index contributed by atoms with van der Waals surface area (Å²) < 4.78 is -0.0191. The van der Waals surface area contributed by atoms with E-state index >= 15 is 0 Å². The number of hydrogen-bond acceptors (Lipinski definition) is 3. The molecule has 0 saturated heterocycles. The molecule has 2 aromatic rings. The molecule has 0 radical (unpaired) electrons. The lowest BCUT2D eigenvalue weighted by Gasteiger charge is -2.04. The predicted molar refractivity (Wildman–Crippen MR) is 69.7 cm³/mol. The van der Waals surface area contributed by atoms with E-state index in [1.165, 1.54) is 0 Å². The fourth-order valence-electron chi connectivity index (χ4n) is 1.27. The number of nitrogens with zero attached hydrogens (tertiary/aromatic N) is 1. The van der Waals surface area contributed by atoms with Gasteiger partial charge in [0.15, 0.2) is 0 Å². The molecular formula is C10H5BrCl2N2O2. The van der Waals surface area contributed by atoms with E-state index in [4.69, 9.17) is 23.2 Å². The molecule has 0 fully saturated rings. The molecule has 7 heteroatoms. The van der Waals surface area contributed by atoms with Crippen LogP contribution in [0.4, 0.5) is 0 Å². The van der Waals surface area contributed by atoms with Crippen LogP contribution >= 0.6 is 39.1 Å². The predicted octanol–water partition coefficient (Wildman–Crippen LogP) is 3.21. The minimum Gasteiger partial charge on any atom is -0.492 e. The van der Waals surface area contributed by atoms with Crippen molar-refractivity contribution >= 4 is 39.1 Å². The highest BCUT2D eigenvalue weighted by molar-refractivity contribution is 9.10. The van der Waals surface area contributed by atoms with Crippen LogP contribution in [0.5, 0.6) is 5.88 Å². The first kappa shape index (κ1) is 12.4. The first-order chi connectivity index (χ1) is 7.97. The van der Waals surface area contributed by atoms with Crippen LogP contribution in [0, 0.1) is 0 Å². The van der Waals surface area contributed by atoms with Crippen molar-refractivity contribution in [3.63, 3.8) is 0 Å². The normalized spacial score (nSPS) is 10.5. The third-order valence-electron chi connectivity index (χ3n) is 1.98. The van der Waals surface area contributed by atoms with E-state index in [2.05, 4.69) is 25.9 Å². The highest BCUT2D eigenvalue weighted by Crippen LogP contribution is 2.26. The molecule has 1 aromatic heterocycles. The number of aromatic hydroxyl groups is 1. The molecule has 17 heavy (non-hydrogen) atoms. The summed E-state index contributed by atoms with van der Waals surface area (Å²) in [6.45, 7) is 0. The second kappa shape index (κ2) is 4.68. The largest absolute Gasteiger partial charge is 0.492 e. The lowest BCUT2D eigenvalue weighted by Crippen LogP contribution is -2.09. The zero-order chi connectivity index (χ0) is 12.6. The number of halogens is 3. The number of nitrogens with one attached hydrogen (secondary N) is 1. The van der Waals surface area contributed by atoms with Crippen LogP contribution in [0.3, 0.4) is 0 Å². The van der Waals surface area contributed by atoms with E-state index < -0.39 is 5.56 Å². The molecule has 0 atom stereocenters. The third-order valence-corrected chi connectivity index (χ3v) is 3.13. The first-order valence-electron chi connectivity index (χ1n) is 4.42. The Morgan fingerprint density at radius 2 is 1.82 bits per heavy atom. The molecule has 0 spiro atoms. The average molecular weight is 336 g/mol. The summed E-state index contributed by atoms with van der Waals surface area (Å²) in [7, 11) is 0. The SMILES string of the molecule is O=c1[nH]c(-c2cc(Cl)cc(Cl)c2)nc(O)c1Br. The lowest BCUT2D eigenvalue weighted by molar-refractivity contribution is 0.448. The molecule has 0 bridgehead atoms. The van der Waals surface area contributed by atoms with E-state index in [-0.39, 0.29) is 16.2 Å². The molecule has 0 amide bonds. The minimum absolute atomic E-state index is 0.0191. The number of rotatable bonds is 1. The maximum atomic E-state index is 11.4. The lowest BCUT2D eigenvalue weighted by atomic mass is 10.2. The van der Waals surface area contributed by atoms with Gasteiger partial charge in [-0.05, 0) is 34.1 Å². The Balaban J connectivity index is 2.65. The maximum Gasteiger partial charge on any atom is 0.269 e. The number of H-pyrrole nitrogens is 1. The standard InChI is InChI=1S/C10H5BrCl2N2O2/c11-7-9(16)14-8(15-10(7)17)4-1-5(12)3-6(13)2-4/h1-3H,(H2,14,15,16,17). The molecule has 1 heterocycles. The van der Waals surface area contributed by atoms with Crippen LogP contribution in [-0.2, 0) is 0 Å². The third kappa shape index (κ3) is 2.62. The molecule has 2 rings (SSSR count). The summed E-state index contributed by atoms with van der Waals surface area (Å²) in [6.07, 6.45) is 0. The van der Waals surface area contributed by atoms with Gasteiger partial charge in [-0.25, -0.2) is 0 Å². The van der Waals surface area contributed by atoms with Crippen LogP contribution in [0.1, 0.15) is 0 Å². The van der Waals surface area contributed by atoms with Crippen molar-refractivity contribution in [3.05, 3.63) is 43.1 Å². The van der Waals surface area contributed by atoms with Gasteiger partial charge in [-0.3, -0.25) is 4.79 Å². The summed E-state index contributed by atoms with van der Waals surface area (Å²) in [6, 6.07) is 4.72. The van der Waals surface area contributed by atoms with E-state index in [9.17, 15) is 9.90 Å². The molecule has 0 unspecified atom stereocenters. The van der Waals surface area contributed by atoms with Gasteiger partial charge in [0.1, 0.15) is 10.3 Å². The van der Waals surface area contributed by atoms with Crippen LogP contribution in [0.15, 0.2) is 27.5 Å². The summed E-state index contributed by atoms with van der Waals surface area (Å²) in [5.74, 6) is -0.194. The second-order valence-electron chi connectivity index (χ2n) is 3.21. The number of benzene rings is 1. The summed E-state index contributed by atoms with van der Waals surface area (Å²) in [5, 5.41) is 10.3. The first-order valence-corrected chi connectivity index (χ1v) is 5.97. The van der Waals surface area contributed by atoms with Crippen LogP contribution in [-0.4, -0.2) is 15.1 Å². The Kier molecular flexibility index (Phi) is 3.42. The average Bonchev–Trinajstić information content (AvgIpc) is 2.23. The molecule has 0 aliphatic carbocycles. The van der Waals surface area contributed by atoms with E-state index in [0.717, 1.165) is 0 Å². The van der Waals surface area contributed by atoms with Gasteiger partial charge in [0.25, 0.3) is 5.56 Å². The molecular weight excluding hydrogens is 331 g/mol. The number of hydrogen-bond donors (Lipinski definition) is 2. The molecule has 4 nitrogen and oxygen atoms in total. The van der Waals surface area contributed by atoms with Gasteiger partial charge in [-0.1, -0.05) is 23.2 Å². The van der Waals surface area contributed by atoms with Gasteiger partial charge < -0.3 is 10.1 Å². The van der Waals surface area contributed by atoms with Crippen LogP contribution in [0.2, 0.25) is 10.0 Å². The highest BCUT2D eigenvalue weighted by atomic mass is 79.9. The van der Waals surface area contributed by atoms with Crippen molar-refractivity contribution in [1.82, 2.24) is 9.97 Å². The van der Waals surface area contributed by atoms with Crippen LogP contribution in [0.25, 0.3) is 11.4 Å². The van der Waals surface area contributed by atoms with Gasteiger partial charge in [0, 0.05) is 15.6 Å². The van der Waals surface area contributed by atoms with Crippen molar-refractivity contribution in [2.75, 3.05) is 0 Å². The van der Waals surface area contributed by atoms with Gasteiger partial charge in [-0.15, -0.1) is 0 Å². The summed E-state index contributed by atoms with van der Waals surface area (Å²) in [4.78, 5) is 17.8. The van der Waals surface area contributed by atoms with Crippen molar-refractivity contribution in [3.8, 4) is 17.3 Å². The number of aromatic amines is 1. The van der Waals surface area contributed by atoms with E-state index in [1.807, 2.05) is 0 Å². The van der Waals surface area contributed by atoms with E-state index in [0.29, 0.717) is 15.6 Å². The Morgan fingerprint density at radius 1 is 1.24 bits per heavy atom. The van der Waals surface area contributed by atoms with Crippen molar-refractivity contribution in [1.29, 1.82) is 0 Å². The van der Waals surface area contributed by atoms with Crippen LogP contribution < -0.4 is 5.56 Å². The molecule has 2 N–H and O–H groups in total. The van der Waals surface area contributed by atoms with Gasteiger partial charge >= 0.3 is 0 Å². The van der Waals surface area contributed by atoms with Crippen molar-refractivity contribution in [2.45, 2.75) is 0 Å². The monoisotopic (exact) mass is 334 g/mol. The Morgan fingerprint density at radius 3 is 2.35 bits per heavy atom. The Bertz CT molecular complexity index is 622.